The van der Waals surface area contributed by atoms with Gasteiger partial charge in [-0.2, -0.15) is 0 Å². The fraction of sp³-hybridized carbons (Fsp3) is 0.357. The molecule has 0 bridgehead atoms. The number of nitrogens with zero attached hydrogens (tertiary/aromatic N) is 7. The van der Waals surface area contributed by atoms with Gasteiger partial charge in [0.1, 0.15) is 0 Å². The van der Waals surface area contributed by atoms with Crippen molar-refractivity contribution in [2.45, 2.75) is 37.2 Å². The highest BCUT2D eigenvalue weighted by Gasteiger charge is 2.16. The Kier molecular flexibility index (Phi) is 5.77. The van der Waals surface area contributed by atoms with E-state index in [4.69, 9.17) is 29.0 Å². The quantitative estimate of drug-likeness (QED) is 0.481. The molecule has 0 atom stereocenters. The lowest BCUT2D eigenvalue weighted by atomic mass is 10.2. The van der Waals surface area contributed by atoms with Crippen molar-refractivity contribution >= 4 is 35.0 Å². The normalized spacial score (nSPS) is 11.2. The van der Waals surface area contributed by atoms with Gasteiger partial charge in [0.15, 0.2) is 11.6 Å². The van der Waals surface area contributed by atoms with Gasteiger partial charge >= 0.3 is 0 Å². The molecule has 11 heteroatoms. The molecule has 1 aromatic carbocycles. The fourth-order valence-corrected chi connectivity index (χ4v) is 3.33. The lowest BCUT2D eigenvalue weighted by Gasteiger charge is -2.06. The smallest absolute Gasteiger partial charge is 0.210 e. The van der Waals surface area contributed by atoms with Gasteiger partial charge in [0, 0.05) is 17.1 Å². The number of unbranched alkanes of at least 4 members (excludes halogenated alkanes) is 1. The summed E-state index contributed by atoms with van der Waals surface area (Å²) in [4.78, 5) is 0. The number of hydrogen-bond acceptors (Lipinski definition) is 7. The van der Waals surface area contributed by atoms with E-state index in [2.05, 4.69) is 32.6 Å². The molecule has 0 aliphatic rings. The molecule has 0 aliphatic carbocycles. The number of aryl methyl sites for hydroxylation is 1. The number of hydrogen-bond donors (Lipinski definition) is 1. The number of tetrazole rings is 1. The first-order valence-electron chi connectivity index (χ1n) is 7.64. The molecule has 0 saturated heterocycles. The van der Waals surface area contributed by atoms with Crippen LogP contribution in [0.2, 0.25) is 10.0 Å². The van der Waals surface area contributed by atoms with E-state index in [9.17, 15) is 0 Å². The van der Waals surface area contributed by atoms with Crippen molar-refractivity contribution in [3.05, 3.63) is 34.1 Å². The van der Waals surface area contributed by atoms with Gasteiger partial charge in [-0.05, 0) is 35.0 Å². The largest absolute Gasteiger partial charge is 0.335 e. The van der Waals surface area contributed by atoms with E-state index in [1.807, 2.05) is 0 Å². The second-order valence-corrected chi connectivity index (χ2v) is 7.05. The Morgan fingerprint density at radius 2 is 2.04 bits per heavy atom. The molecule has 0 radical (unpaired) electrons. The number of nitrogen functional groups attached to an aromatic ring is 1. The number of thioether (sulfide) groups is 1. The summed E-state index contributed by atoms with van der Waals surface area (Å²) in [6.07, 6.45) is 2.10. The topological polar surface area (TPSA) is 100 Å². The van der Waals surface area contributed by atoms with Crippen LogP contribution in [0.3, 0.4) is 0 Å². The fourth-order valence-electron chi connectivity index (χ4n) is 2.17. The Hall–Kier alpha value is -1.84. The third-order valence-corrected chi connectivity index (χ3v) is 5.00. The maximum absolute atomic E-state index is 6.21. The maximum Gasteiger partial charge on any atom is 0.210 e. The second-order valence-electron chi connectivity index (χ2n) is 5.26. The third kappa shape index (κ3) is 4.05. The third-order valence-electron chi connectivity index (χ3n) is 3.49. The van der Waals surface area contributed by atoms with Crippen molar-refractivity contribution in [1.29, 1.82) is 0 Å². The highest BCUT2D eigenvalue weighted by molar-refractivity contribution is 7.98. The average molecular weight is 399 g/mol. The first-order chi connectivity index (χ1) is 12.1. The van der Waals surface area contributed by atoms with E-state index >= 15 is 0 Å². The van der Waals surface area contributed by atoms with Gasteiger partial charge in [-0.3, -0.25) is 0 Å². The maximum atomic E-state index is 6.21. The molecule has 0 saturated carbocycles. The summed E-state index contributed by atoms with van der Waals surface area (Å²) in [7, 11) is 0. The Labute approximate surface area is 158 Å². The van der Waals surface area contributed by atoms with E-state index in [0.29, 0.717) is 32.3 Å². The highest BCUT2D eigenvalue weighted by Crippen LogP contribution is 2.30. The zero-order valence-electron chi connectivity index (χ0n) is 13.4. The molecular weight excluding hydrogens is 383 g/mol. The number of aromatic nitrogens is 7. The van der Waals surface area contributed by atoms with Crippen LogP contribution in [0.25, 0.3) is 11.4 Å². The Morgan fingerprint density at radius 3 is 2.84 bits per heavy atom. The summed E-state index contributed by atoms with van der Waals surface area (Å²) in [6.45, 7) is 2.91. The molecule has 2 heterocycles. The van der Waals surface area contributed by atoms with E-state index < -0.39 is 0 Å². The molecule has 0 aliphatic heterocycles. The van der Waals surface area contributed by atoms with Gasteiger partial charge < -0.3 is 5.84 Å². The van der Waals surface area contributed by atoms with Crippen molar-refractivity contribution < 1.29 is 0 Å². The van der Waals surface area contributed by atoms with Crippen molar-refractivity contribution in [3.63, 3.8) is 0 Å². The van der Waals surface area contributed by atoms with Crippen molar-refractivity contribution in [1.82, 2.24) is 35.1 Å². The predicted octanol–water partition coefficient (Wildman–Crippen LogP) is 3.04. The van der Waals surface area contributed by atoms with Gasteiger partial charge in [-0.25, -0.2) is 9.36 Å². The van der Waals surface area contributed by atoms with Crippen LogP contribution in [0.4, 0.5) is 0 Å². The van der Waals surface area contributed by atoms with Crippen LogP contribution in [0.15, 0.2) is 23.4 Å². The van der Waals surface area contributed by atoms with Crippen LogP contribution < -0.4 is 5.84 Å². The second kappa shape index (κ2) is 8.03. The molecule has 132 valence electrons. The van der Waals surface area contributed by atoms with Crippen LogP contribution in [0, 0.1) is 0 Å². The van der Waals surface area contributed by atoms with Crippen LogP contribution in [-0.4, -0.2) is 35.1 Å². The van der Waals surface area contributed by atoms with Crippen LogP contribution in [-0.2, 0) is 12.3 Å². The molecule has 25 heavy (non-hydrogen) atoms. The number of nitrogens with two attached hydrogens (primary N) is 1. The monoisotopic (exact) mass is 398 g/mol. The molecule has 0 amide bonds. The molecule has 3 aromatic rings. The van der Waals surface area contributed by atoms with E-state index in [1.54, 1.807) is 22.9 Å². The summed E-state index contributed by atoms with van der Waals surface area (Å²) in [5, 5.41) is 21.6. The van der Waals surface area contributed by atoms with Gasteiger partial charge in [-0.15, -0.1) is 15.3 Å². The SMILES string of the molecule is CCCCn1nnnc1CSc1nnc(-c2cc(Cl)ccc2Cl)n1N. The molecular formula is C14H16Cl2N8S. The Morgan fingerprint density at radius 1 is 1.20 bits per heavy atom. The van der Waals surface area contributed by atoms with Crippen molar-refractivity contribution in [2.75, 3.05) is 5.84 Å². The minimum atomic E-state index is 0.445. The summed E-state index contributed by atoms with van der Waals surface area (Å²) in [5.41, 5.74) is 0.629. The van der Waals surface area contributed by atoms with Gasteiger partial charge in [-0.1, -0.05) is 48.3 Å². The first-order valence-corrected chi connectivity index (χ1v) is 9.38. The Bertz CT molecular complexity index is 862. The molecule has 8 nitrogen and oxygen atoms in total. The average Bonchev–Trinajstić information content (AvgIpc) is 3.20. The molecule has 0 unspecified atom stereocenters. The molecule has 2 aromatic heterocycles. The van der Waals surface area contributed by atoms with Gasteiger partial charge in [0.25, 0.3) is 0 Å². The molecule has 3 rings (SSSR count). The number of benzene rings is 1. The first kappa shape index (κ1) is 18.0. The standard InChI is InChI=1S/C14H16Cl2N8S/c1-2-3-6-23-12(18-21-22-23)8-25-14-20-19-13(24(14)17)10-7-9(15)4-5-11(10)16/h4-5,7H,2-3,6,8,17H2,1H3. The molecule has 0 fully saturated rings. The minimum absolute atomic E-state index is 0.445. The van der Waals surface area contributed by atoms with E-state index in [0.717, 1.165) is 25.2 Å². The van der Waals surface area contributed by atoms with Crippen LogP contribution in [0.5, 0.6) is 0 Å². The summed E-state index contributed by atoms with van der Waals surface area (Å²) < 4.78 is 3.19. The minimum Gasteiger partial charge on any atom is -0.335 e. The number of rotatable bonds is 7. The summed E-state index contributed by atoms with van der Waals surface area (Å²) in [6, 6.07) is 5.11. The summed E-state index contributed by atoms with van der Waals surface area (Å²) in [5.74, 6) is 7.87. The lowest BCUT2D eigenvalue weighted by molar-refractivity contribution is 0.540. The lowest BCUT2D eigenvalue weighted by Crippen LogP contribution is -2.12. The van der Waals surface area contributed by atoms with Crippen molar-refractivity contribution in [3.8, 4) is 11.4 Å². The zero-order chi connectivity index (χ0) is 17.8. The Balaban J connectivity index is 1.76. The van der Waals surface area contributed by atoms with Crippen LogP contribution in [0.1, 0.15) is 25.6 Å². The zero-order valence-corrected chi connectivity index (χ0v) is 15.8. The van der Waals surface area contributed by atoms with E-state index in [-0.39, 0.29) is 0 Å². The molecule has 0 spiro atoms. The van der Waals surface area contributed by atoms with Gasteiger partial charge in [0.2, 0.25) is 5.16 Å². The summed E-state index contributed by atoms with van der Waals surface area (Å²) >= 11 is 13.6. The van der Waals surface area contributed by atoms with Crippen LogP contribution >= 0.6 is 35.0 Å². The van der Waals surface area contributed by atoms with E-state index in [1.165, 1.54) is 16.4 Å². The number of halogens is 2. The predicted molar refractivity (Wildman–Crippen MR) is 97.9 cm³/mol. The molecule has 2 N–H and O–H groups in total. The van der Waals surface area contributed by atoms with Crippen molar-refractivity contribution in [2.24, 2.45) is 0 Å². The van der Waals surface area contributed by atoms with Gasteiger partial charge in [0.05, 0.1) is 10.8 Å². The highest BCUT2D eigenvalue weighted by atomic mass is 35.5.